The quantitative estimate of drug-likeness (QED) is 0.538. The van der Waals surface area contributed by atoms with Gasteiger partial charge in [0.05, 0.1) is 0 Å². The van der Waals surface area contributed by atoms with Gasteiger partial charge >= 0.3 is 6.03 Å². The zero-order chi connectivity index (χ0) is 20.0. The Morgan fingerprint density at radius 1 is 1.41 bits per heavy atom. The maximum atomic E-state index is 13.6. The van der Waals surface area contributed by atoms with Crippen molar-refractivity contribution in [1.82, 2.24) is 9.69 Å². The lowest BCUT2D eigenvalue weighted by Crippen LogP contribution is -2.33. The molecule has 27 heavy (non-hydrogen) atoms. The van der Waals surface area contributed by atoms with E-state index in [1.165, 1.54) is 0 Å². The van der Waals surface area contributed by atoms with Gasteiger partial charge in [-0.3, -0.25) is 10.1 Å². The number of carbonyl (C=O) groups excluding carboxylic acids is 2. The summed E-state index contributed by atoms with van der Waals surface area (Å²) in [5.41, 5.74) is 5.07. The number of aliphatic hydroxyl groups excluding tert-OH is 1. The van der Waals surface area contributed by atoms with Crippen LogP contribution in [0.4, 0.5) is 18.6 Å². The Morgan fingerprint density at radius 2 is 2.15 bits per heavy atom. The number of benzene rings is 1. The predicted octanol–water partition coefficient (Wildman–Crippen LogP) is 1.85. The topological polar surface area (TPSA) is 127 Å². The van der Waals surface area contributed by atoms with E-state index in [-0.39, 0.29) is 47.7 Å². The van der Waals surface area contributed by atoms with Crippen molar-refractivity contribution in [1.29, 1.82) is 0 Å². The molecule has 1 unspecified atom stereocenters. The average molecular weight is 400 g/mol. The molecule has 0 saturated heterocycles. The Morgan fingerprint density at radius 3 is 2.81 bits per heavy atom. The van der Waals surface area contributed by atoms with Crippen molar-refractivity contribution in [2.75, 3.05) is 18.5 Å². The first-order chi connectivity index (χ1) is 12.8. The molecule has 146 valence electrons. The number of amides is 3. The van der Waals surface area contributed by atoms with Gasteiger partial charge in [0.25, 0.3) is 5.91 Å². The molecular weight excluding hydrogens is 382 g/mol. The fraction of sp³-hybridized carbons (Fsp3) is 0.312. The van der Waals surface area contributed by atoms with Crippen LogP contribution in [0, 0.1) is 17.6 Å². The number of nitrogens with two attached hydrogens (primary N) is 1. The first-order valence-corrected chi connectivity index (χ1v) is 8.61. The highest BCUT2D eigenvalue weighted by atomic mass is 32.1. The molecule has 11 heteroatoms. The molecule has 5 N–H and O–H groups in total. The molecule has 2 aromatic rings. The van der Waals surface area contributed by atoms with Crippen LogP contribution in [0.3, 0.4) is 0 Å². The van der Waals surface area contributed by atoms with E-state index in [0.717, 1.165) is 29.7 Å². The van der Waals surface area contributed by atoms with E-state index >= 15 is 0 Å². The van der Waals surface area contributed by atoms with Crippen LogP contribution in [0.15, 0.2) is 18.2 Å². The van der Waals surface area contributed by atoms with Crippen LogP contribution >= 0.6 is 11.5 Å². The van der Waals surface area contributed by atoms with Gasteiger partial charge in [0.15, 0.2) is 0 Å². The minimum Gasteiger partial charge on any atom is -0.471 e. The number of rotatable bonds is 8. The van der Waals surface area contributed by atoms with Crippen molar-refractivity contribution in [2.24, 2.45) is 11.7 Å². The maximum Gasteiger partial charge on any atom is 0.319 e. The number of aromatic nitrogens is 1. The summed E-state index contributed by atoms with van der Waals surface area (Å²) in [6, 6.07) is 2.26. The number of primary amides is 1. The van der Waals surface area contributed by atoms with Crippen LogP contribution in [-0.4, -0.2) is 34.6 Å². The van der Waals surface area contributed by atoms with Gasteiger partial charge in [0, 0.05) is 18.7 Å². The van der Waals surface area contributed by atoms with Crippen LogP contribution in [0.1, 0.15) is 22.8 Å². The van der Waals surface area contributed by atoms with Crippen LogP contribution in [0.2, 0.25) is 0 Å². The number of aliphatic hydroxyl groups is 1. The number of ether oxygens (including phenoxy) is 1. The summed E-state index contributed by atoms with van der Waals surface area (Å²) < 4.78 is 36.0. The predicted molar refractivity (Wildman–Crippen MR) is 94.6 cm³/mol. The highest BCUT2D eigenvalue weighted by Crippen LogP contribution is 2.30. The molecule has 0 radical (unpaired) electrons. The normalized spacial score (nSPS) is 11.7. The smallest absolute Gasteiger partial charge is 0.319 e. The average Bonchev–Trinajstić information content (AvgIpc) is 3.03. The van der Waals surface area contributed by atoms with Crippen LogP contribution < -0.4 is 21.1 Å². The molecule has 8 nitrogen and oxygen atoms in total. The second-order valence-electron chi connectivity index (χ2n) is 5.70. The van der Waals surface area contributed by atoms with E-state index < -0.39 is 23.6 Å². The minimum atomic E-state index is -0.905. The molecule has 0 fully saturated rings. The van der Waals surface area contributed by atoms with Gasteiger partial charge in [0.2, 0.25) is 5.88 Å². The van der Waals surface area contributed by atoms with Crippen molar-refractivity contribution < 1.29 is 28.2 Å². The Kier molecular flexibility index (Phi) is 7.02. The van der Waals surface area contributed by atoms with Gasteiger partial charge in [-0.05, 0) is 35.6 Å². The molecule has 0 saturated carbocycles. The Hall–Kier alpha value is -2.79. The third-order valence-electron chi connectivity index (χ3n) is 3.43. The van der Waals surface area contributed by atoms with E-state index in [2.05, 4.69) is 15.0 Å². The van der Waals surface area contributed by atoms with Gasteiger partial charge in [-0.1, -0.05) is 6.92 Å². The molecule has 1 aromatic heterocycles. The fourth-order valence-corrected chi connectivity index (χ4v) is 2.69. The summed E-state index contributed by atoms with van der Waals surface area (Å²) >= 11 is 0.750. The van der Waals surface area contributed by atoms with Crippen molar-refractivity contribution >= 4 is 28.5 Å². The van der Waals surface area contributed by atoms with Gasteiger partial charge in [0.1, 0.15) is 28.8 Å². The van der Waals surface area contributed by atoms with E-state index in [0.29, 0.717) is 0 Å². The van der Waals surface area contributed by atoms with Gasteiger partial charge in [-0.25, -0.2) is 13.6 Å². The zero-order valence-corrected chi connectivity index (χ0v) is 15.1. The van der Waals surface area contributed by atoms with Crippen molar-refractivity contribution in [3.05, 3.63) is 41.0 Å². The fourth-order valence-electron chi connectivity index (χ4n) is 1.96. The molecule has 0 aliphatic carbocycles. The molecule has 0 aliphatic rings. The number of hydrogen-bond donors (Lipinski definition) is 4. The monoisotopic (exact) mass is 400 g/mol. The van der Waals surface area contributed by atoms with E-state index in [4.69, 9.17) is 15.6 Å². The second kappa shape index (κ2) is 9.24. The highest BCUT2D eigenvalue weighted by Gasteiger charge is 2.22. The largest absolute Gasteiger partial charge is 0.471 e. The molecule has 1 atom stereocenters. The van der Waals surface area contributed by atoms with Crippen LogP contribution in [-0.2, 0) is 6.61 Å². The zero-order valence-electron chi connectivity index (χ0n) is 14.3. The number of nitrogens with zero attached hydrogens (tertiary/aromatic N) is 1. The number of nitrogens with one attached hydrogen (secondary N) is 2. The molecule has 1 heterocycles. The Labute approximate surface area is 157 Å². The summed E-state index contributed by atoms with van der Waals surface area (Å²) in [5.74, 6) is -2.57. The summed E-state index contributed by atoms with van der Waals surface area (Å²) in [5, 5.41) is 13.9. The number of carbonyl (C=O) groups is 2. The van der Waals surface area contributed by atoms with Crippen molar-refractivity contribution in [3.63, 3.8) is 0 Å². The first-order valence-electron chi connectivity index (χ1n) is 7.83. The lowest BCUT2D eigenvalue weighted by atomic mass is 10.2. The molecule has 0 bridgehead atoms. The SMILES string of the molecule is CC(CO)CNC(=O)Nc1snc(OCc2cc(F)ccc2F)c1C(N)=O. The number of anilines is 1. The van der Waals surface area contributed by atoms with Crippen LogP contribution in [0.25, 0.3) is 0 Å². The van der Waals surface area contributed by atoms with Gasteiger partial charge in [-0.15, -0.1) is 0 Å². The summed E-state index contributed by atoms with van der Waals surface area (Å²) in [4.78, 5) is 23.6. The van der Waals surface area contributed by atoms with E-state index in [1.807, 2.05) is 0 Å². The lowest BCUT2D eigenvalue weighted by molar-refractivity contribution is 0.0996. The van der Waals surface area contributed by atoms with Crippen molar-refractivity contribution in [3.8, 4) is 5.88 Å². The van der Waals surface area contributed by atoms with E-state index in [1.54, 1.807) is 6.92 Å². The number of halogens is 2. The molecule has 3 amide bonds. The highest BCUT2D eigenvalue weighted by molar-refractivity contribution is 7.11. The Balaban J connectivity index is 2.09. The molecule has 0 aliphatic heterocycles. The summed E-state index contributed by atoms with van der Waals surface area (Å²) in [6.45, 7) is 1.48. The summed E-state index contributed by atoms with van der Waals surface area (Å²) in [7, 11) is 0. The maximum absolute atomic E-state index is 13.6. The number of urea groups is 1. The third kappa shape index (κ3) is 5.59. The number of hydrogen-bond acceptors (Lipinski definition) is 6. The molecular formula is C16H18F2N4O4S. The molecule has 0 spiro atoms. The third-order valence-corrected chi connectivity index (χ3v) is 4.18. The van der Waals surface area contributed by atoms with Gasteiger partial charge in [-0.2, -0.15) is 4.37 Å². The van der Waals surface area contributed by atoms with Crippen molar-refractivity contribution in [2.45, 2.75) is 13.5 Å². The minimum absolute atomic E-state index is 0.0476. The second-order valence-corrected chi connectivity index (χ2v) is 6.48. The lowest BCUT2D eigenvalue weighted by Gasteiger charge is -2.10. The van der Waals surface area contributed by atoms with Crippen LogP contribution in [0.5, 0.6) is 5.88 Å². The van der Waals surface area contributed by atoms with Gasteiger partial charge < -0.3 is 20.9 Å². The summed E-state index contributed by atoms with van der Waals surface area (Å²) in [6.07, 6.45) is 0. The Bertz CT molecular complexity index is 831. The van der Waals surface area contributed by atoms with E-state index in [9.17, 15) is 18.4 Å². The first kappa shape index (κ1) is 20.5. The standard InChI is InChI=1S/C16H18F2N4O4S/c1-8(6-23)5-20-16(25)21-15-12(13(19)24)14(22-27-15)26-7-9-4-10(17)2-3-11(9)18/h2-4,8,23H,5-7H2,1H3,(H2,19,24)(H2,20,21,25). The molecule has 2 rings (SSSR count). The molecule has 1 aromatic carbocycles.